The van der Waals surface area contributed by atoms with Crippen LogP contribution in [-0.2, 0) is 19.5 Å². The average molecular weight is 423 g/mol. The van der Waals surface area contributed by atoms with Crippen molar-refractivity contribution in [1.29, 1.82) is 0 Å². The molecule has 9 nitrogen and oxygen atoms in total. The Kier molecular flexibility index (Phi) is 5.26. The first-order valence-electron chi connectivity index (χ1n) is 10.5. The Balaban J connectivity index is 2.31. The maximum absolute atomic E-state index is 13.4. The Morgan fingerprint density at radius 2 is 1.61 bits per heavy atom. The highest BCUT2D eigenvalue weighted by molar-refractivity contribution is 5.77. The molecule has 4 aromatic rings. The zero-order valence-corrected chi connectivity index (χ0v) is 17.8. The number of aromatic nitrogens is 5. The number of aromatic hydroxyl groups is 1. The van der Waals surface area contributed by atoms with Gasteiger partial charge in [0.1, 0.15) is 0 Å². The normalized spacial score (nSPS) is 11.6. The van der Waals surface area contributed by atoms with Crippen molar-refractivity contribution in [2.24, 2.45) is 0 Å². The van der Waals surface area contributed by atoms with Crippen LogP contribution in [0.1, 0.15) is 39.2 Å². The third kappa shape index (κ3) is 2.99. The fourth-order valence-electron chi connectivity index (χ4n) is 3.98. The Bertz CT molecular complexity index is 1460. The standard InChI is InChI=1S/C22H25N5O4/c1-4-7-13-15-18(28)26(14-11-9-8-10-12-14)21-23-17-16(27(21)19(15)29)20(30)25(6-3)22(31)24(17)5-2/h8-12,29H,4-7,13H2,1-3H3. The van der Waals surface area contributed by atoms with E-state index in [-0.39, 0.29) is 40.5 Å². The van der Waals surface area contributed by atoms with E-state index >= 15 is 0 Å². The van der Waals surface area contributed by atoms with Gasteiger partial charge in [-0.3, -0.25) is 18.7 Å². The number of nitrogens with zero attached hydrogens (tertiary/aromatic N) is 5. The van der Waals surface area contributed by atoms with E-state index in [0.29, 0.717) is 25.1 Å². The summed E-state index contributed by atoms with van der Waals surface area (Å²) in [6.07, 6.45) is 1.90. The lowest BCUT2D eigenvalue weighted by Gasteiger charge is -2.13. The van der Waals surface area contributed by atoms with Gasteiger partial charge >= 0.3 is 5.69 Å². The molecule has 31 heavy (non-hydrogen) atoms. The second-order valence-corrected chi connectivity index (χ2v) is 7.38. The van der Waals surface area contributed by atoms with Crippen molar-refractivity contribution in [2.75, 3.05) is 0 Å². The summed E-state index contributed by atoms with van der Waals surface area (Å²) in [6.45, 7) is 5.97. The molecule has 0 unspecified atom stereocenters. The van der Waals surface area contributed by atoms with Crippen molar-refractivity contribution in [1.82, 2.24) is 23.1 Å². The van der Waals surface area contributed by atoms with E-state index in [1.54, 1.807) is 38.1 Å². The molecule has 0 fully saturated rings. The fraction of sp³-hybridized carbons (Fsp3) is 0.364. The highest BCUT2D eigenvalue weighted by Gasteiger charge is 2.25. The SMILES string of the molecule is CCCCc1c(O)n2c3c(=O)n(CC)c(=O)n(CC)c3nc2n(-c2ccccc2)c1=O. The summed E-state index contributed by atoms with van der Waals surface area (Å²) >= 11 is 0. The first-order chi connectivity index (χ1) is 15.0. The molecule has 0 aliphatic carbocycles. The number of rotatable bonds is 6. The van der Waals surface area contributed by atoms with Crippen molar-refractivity contribution >= 4 is 16.9 Å². The Morgan fingerprint density at radius 3 is 2.23 bits per heavy atom. The van der Waals surface area contributed by atoms with Crippen molar-refractivity contribution < 1.29 is 5.11 Å². The van der Waals surface area contributed by atoms with Crippen LogP contribution >= 0.6 is 0 Å². The maximum Gasteiger partial charge on any atom is 0.332 e. The average Bonchev–Trinajstić information content (AvgIpc) is 3.15. The van der Waals surface area contributed by atoms with E-state index in [2.05, 4.69) is 4.98 Å². The summed E-state index contributed by atoms with van der Waals surface area (Å²) in [5, 5.41) is 11.1. The predicted molar refractivity (Wildman–Crippen MR) is 118 cm³/mol. The largest absolute Gasteiger partial charge is 0.494 e. The lowest BCUT2D eigenvalue weighted by atomic mass is 10.1. The van der Waals surface area contributed by atoms with Gasteiger partial charge in [-0.2, -0.15) is 4.98 Å². The van der Waals surface area contributed by atoms with Gasteiger partial charge in [0, 0.05) is 13.1 Å². The number of para-hydroxylation sites is 1. The van der Waals surface area contributed by atoms with Crippen LogP contribution in [0.3, 0.4) is 0 Å². The third-order valence-electron chi connectivity index (χ3n) is 5.58. The highest BCUT2D eigenvalue weighted by atomic mass is 16.3. The van der Waals surface area contributed by atoms with Crippen LogP contribution in [0.15, 0.2) is 44.7 Å². The minimum atomic E-state index is -0.547. The molecule has 4 rings (SSSR count). The summed E-state index contributed by atoms with van der Waals surface area (Å²) < 4.78 is 5.21. The fourth-order valence-corrected chi connectivity index (χ4v) is 3.98. The van der Waals surface area contributed by atoms with Gasteiger partial charge in [-0.1, -0.05) is 31.5 Å². The van der Waals surface area contributed by atoms with Crippen molar-refractivity contribution in [2.45, 2.75) is 53.1 Å². The smallest absolute Gasteiger partial charge is 0.332 e. The molecule has 9 heteroatoms. The Hall–Kier alpha value is -3.62. The molecular formula is C22H25N5O4. The van der Waals surface area contributed by atoms with Gasteiger partial charge in [-0.15, -0.1) is 0 Å². The number of benzene rings is 1. The van der Waals surface area contributed by atoms with Crippen LogP contribution in [-0.4, -0.2) is 28.2 Å². The molecule has 3 aromatic heterocycles. The van der Waals surface area contributed by atoms with Gasteiger partial charge < -0.3 is 5.11 Å². The molecule has 0 bridgehead atoms. The lowest BCUT2D eigenvalue weighted by molar-refractivity contribution is 0.435. The van der Waals surface area contributed by atoms with Crippen LogP contribution < -0.4 is 16.8 Å². The van der Waals surface area contributed by atoms with Crippen LogP contribution in [0, 0.1) is 0 Å². The molecule has 162 valence electrons. The zero-order chi connectivity index (χ0) is 22.3. The van der Waals surface area contributed by atoms with Gasteiger partial charge in [0.2, 0.25) is 11.7 Å². The molecule has 0 aliphatic heterocycles. The van der Waals surface area contributed by atoms with Crippen molar-refractivity contribution in [3.05, 3.63) is 67.1 Å². The number of fused-ring (bicyclic) bond motifs is 3. The minimum absolute atomic E-state index is 0.0817. The molecular weight excluding hydrogens is 398 g/mol. The van der Waals surface area contributed by atoms with E-state index in [0.717, 1.165) is 11.0 Å². The molecule has 1 aromatic carbocycles. The molecule has 0 spiro atoms. The summed E-state index contributed by atoms with van der Waals surface area (Å²) in [4.78, 5) is 44.0. The maximum atomic E-state index is 13.4. The molecule has 0 saturated carbocycles. The van der Waals surface area contributed by atoms with E-state index in [1.807, 2.05) is 13.0 Å². The Labute approximate surface area is 177 Å². The van der Waals surface area contributed by atoms with Crippen LogP contribution in [0.2, 0.25) is 0 Å². The van der Waals surface area contributed by atoms with E-state index in [9.17, 15) is 19.5 Å². The number of unbranched alkanes of at least 4 members (excludes halogenated alkanes) is 1. The van der Waals surface area contributed by atoms with Crippen molar-refractivity contribution in [3.63, 3.8) is 0 Å². The molecule has 0 amide bonds. The van der Waals surface area contributed by atoms with Gasteiger partial charge in [0.05, 0.1) is 11.3 Å². The van der Waals surface area contributed by atoms with E-state index in [4.69, 9.17) is 0 Å². The van der Waals surface area contributed by atoms with Crippen LogP contribution in [0.4, 0.5) is 0 Å². The summed E-state index contributed by atoms with van der Waals surface area (Å²) in [5.41, 5.74) is -0.394. The number of imidazole rings is 1. The number of hydrogen-bond acceptors (Lipinski definition) is 5. The third-order valence-corrected chi connectivity index (χ3v) is 5.58. The molecule has 0 aliphatic rings. The first-order valence-corrected chi connectivity index (χ1v) is 10.5. The molecule has 0 atom stereocenters. The molecule has 0 saturated heterocycles. The molecule has 1 N–H and O–H groups in total. The quantitative estimate of drug-likeness (QED) is 0.511. The summed E-state index contributed by atoms with van der Waals surface area (Å²) in [6, 6.07) is 8.95. The van der Waals surface area contributed by atoms with Crippen LogP contribution in [0.25, 0.3) is 22.6 Å². The van der Waals surface area contributed by atoms with Crippen LogP contribution in [0.5, 0.6) is 5.88 Å². The lowest BCUT2D eigenvalue weighted by Crippen LogP contribution is -2.39. The second-order valence-electron chi connectivity index (χ2n) is 7.38. The van der Waals surface area contributed by atoms with Gasteiger partial charge in [-0.05, 0) is 38.8 Å². The zero-order valence-electron chi connectivity index (χ0n) is 17.8. The van der Waals surface area contributed by atoms with Gasteiger partial charge in [-0.25, -0.2) is 13.8 Å². The van der Waals surface area contributed by atoms with Gasteiger partial charge in [0.25, 0.3) is 11.1 Å². The monoisotopic (exact) mass is 423 g/mol. The van der Waals surface area contributed by atoms with Gasteiger partial charge in [0.15, 0.2) is 11.2 Å². The second kappa shape index (κ2) is 7.90. The van der Waals surface area contributed by atoms with E-state index in [1.165, 1.54) is 13.5 Å². The topological polar surface area (TPSA) is 104 Å². The highest BCUT2D eigenvalue weighted by Crippen LogP contribution is 2.24. The number of aryl methyl sites for hydroxylation is 1. The summed E-state index contributed by atoms with van der Waals surface area (Å²) in [5.74, 6) is -0.208. The Morgan fingerprint density at radius 1 is 0.935 bits per heavy atom. The first kappa shape index (κ1) is 20.6. The van der Waals surface area contributed by atoms with E-state index < -0.39 is 11.2 Å². The summed E-state index contributed by atoms with van der Waals surface area (Å²) in [7, 11) is 0. The minimum Gasteiger partial charge on any atom is -0.494 e. The molecule has 3 heterocycles. The molecule has 0 radical (unpaired) electrons. The predicted octanol–water partition coefficient (Wildman–Crippen LogP) is 2.05. The number of hydrogen-bond donors (Lipinski definition) is 1. The van der Waals surface area contributed by atoms with Crippen molar-refractivity contribution in [3.8, 4) is 11.6 Å².